The Labute approximate surface area is 113 Å². The summed E-state index contributed by atoms with van der Waals surface area (Å²) in [6.45, 7) is 3.91. The number of nitrogens with one attached hydrogen (secondary N) is 1. The number of carbonyl (C=O) groups excluding carboxylic acids is 1. The van der Waals surface area contributed by atoms with E-state index in [1.165, 1.54) is 5.56 Å². The molecule has 0 aliphatic heterocycles. The van der Waals surface area contributed by atoms with Crippen LogP contribution in [0.15, 0.2) is 24.3 Å². The van der Waals surface area contributed by atoms with Crippen LogP contribution in [0.25, 0.3) is 0 Å². The maximum atomic E-state index is 11.7. The molecule has 19 heavy (non-hydrogen) atoms. The van der Waals surface area contributed by atoms with E-state index < -0.39 is 12.0 Å². The van der Waals surface area contributed by atoms with Crippen molar-refractivity contribution in [1.82, 2.24) is 5.32 Å². The summed E-state index contributed by atoms with van der Waals surface area (Å²) in [5.41, 5.74) is 2.27. The standard InChI is InChI=1S/C15H21NO3/c1-3-4-13(15(18)19)16-14(17)10-9-12-7-5-11(2)6-8-12/h5-8,13H,3-4,9-10H2,1-2H3,(H,16,17)(H,18,19). The van der Waals surface area contributed by atoms with Crippen LogP contribution in [-0.2, 0) is 16.0 Å². The van der Waals surface area contributed by atoms with E-state index in [0.29, 0.717) is 19.3 Å². The predicted molar refractivity (Wildman–Crippen MR) is 74.0 cm³/mol. The summed E-state index contributed by atoms with van der Waals surface area (Å²) in [5, 5.41) is 11.5. The summed E-state index contributed by atoms with van der Waals surface area (Å²) in [7, 11) is 0. The summed E-state index contributed by atoms with van der Waals surface area (Å²) >= 11 is 0. The summed E-state index contributed by atoms with van der Waals surface area (Å²) in [6.07, 6.45) is 2.14. The molecule has 0 saturated heterocycles. The molecular formula is C15H21NO3. The maximum Gasteiger partial charge on any atom is 0.326 e. The molecule has 0 heterocycles. The molecule has 0 aliphatic rings. The van der Waals surface area contributed by atoms with Gasteiger partial charge in [0.1, 0.15) is 6.04 Å². The van der Waals surface area contributed by atoms with Gasteiger partial charge < -0.3 is 10.4 Å². The molecule has 1 atom stereocenters. The van der Waals surface area contributed by atoms with Gasteiger partial charge in [-0.3, -0.25) is 4.79 Å². The van der Waals surface area contributed by atoms with Gasteiger partial charge in [-0.2, -0.15) is 0 Å². The van der Waals surface area contributed by atoms with Crippen LogP contribution >= 0.6 is 0 Å². The first-order valence-corrected chi connectivity index (χ1v) is 6.60. The number of aliphatic carboxylic acids is 1. The van der Waals surface area contributed by atoms with E-state index >= 15 is 0 Å². The Bertz CT molecular complexity index is 426. The van der Waals surface area contributed by atoms with Crippen molar-refractivity contribution in [3.8, 4) is 0 Å². The molecule has 1 unspecified atom stereocenters. The van der Waals surface area contributed by atoms with Gasteiger partial charge in [-0.25, -0.2) is 4.79 Å². The first-order chi connectivity index (χ1) is 9.02. The van der Waals surface area contributed by atoms with Crippen LogP contribution in [0.4, 0.5) is 0 Å². The summed E-state index contributed by atoms with van der Waals surface area (Å²) in [6, 6.07) is 7.22. The predicted octanol–water partition coefficient (Wildman–Crippen LogP) is 2.30. The third-order valence-electron chi connectivity index (χ3n) is 2.97. The second-order valence-corrected chi connectivity index (χ2v) is 4.73. The molecule has 2 N–H and O–H groups in total. The Balaban J connectivity index is 2.42. The van der Waals surface area contributed by atoms with E-state index in [4.69, 9.17) is 5.11 Å². The van der Waals surface area contributed by atoms with Crippen LogP contribution in [0, 0.1) is 6.92 Å². The molecule has 0 aliphatic carbocycles. The summed E-state index contributed by atoms with van der Waals surface area (Å²) in [5.74, 6) is -1.17. The lowest BCUT2D eigenvalue weighted by Gasteiger charge is -2.13. The average molecular weight is 263 g/mol. The van der Waals surface area contributed by atoms with Crippen molar-refractivity contribution in [2.45, 2.75) is 45.6 Å². The van der Waals surface area contributed by atoms with E-state index in [9.17, 15) is 9.59 Å². The summed E-state index contributed by atoms with van der Waals surface area (Å²) < 4.78 is 0. The molecule has 4 heteroatoms. The molecule has 1 rings (SSSR count). The minimum Gasteiger partial charge on any atom is -0.480 e. The van der Waals surface area contributed by atoms with Gasteiger partial charge >= 0.3 is 5.97 Å². The number of carboxylic acid groups (broad SMARTS) is 1. The van der Waals surface area contributed by atoms with Gasteiger partial charge in [0.15, 0.2) is 0 Å². The van der Waals surface area contributed by atoms with E-state index in [-0.39, 0.29) is 5.91 Å². The molecular weight excluding hydrogens is 242 g/mol. The highest BCUT2D eigenvalue weighted by molar-refractivity contribution is 5.83. The number of hydrogen-bond acceptors (Lipinski definition) is 2. The SMILES string of the molecule is CCCC(NC(=O)CCc1ccc(C)cc1)C(=O)O. The van der Waals surface area contributed by atoms with Crippen LogP contribution < -0.4 is 5.32 Å². The maximum absolute atomic E-state index is 11.7. The number of rotatable bonds is 7. The highest BCUT2D eigenvalue weighted by Gasteiger charge is 2.18. The summed E-state index contributed by atoms with van der Waals surface area (Å²) in [4.78, 5) is 22.6. The first kappa shape index (κ1) is 15.2. The van der Waals surface area contributed by atoms with Gasteiger partial charge in [0.2, 0.25) is 5.91 Å². The van der Waals surface area contributed by atoms with Crippen molar-refractivity contribution in [2.75, 3.05) is 0 Å². The number of carboxylic acids is 1. The van der Waals surface area contributed by atoms with E-state index in [2.05, 4.69) is 5.32 Å². The molecule has 1 aromatic carbocycles. The smallest absolute Gasteiger partial charge is 0.326 e. The highest BCUT2D eigenvalue weighted by Crippen LogP contribution is 2.06. The zero-order valence-electron chi connectivity index (χ0n) is 11.5. The van der Waals surface area contributed by atoms with Gasteiger partial charge in [-0.1, -0.05) is 43.2 Å². The third kappa shape index (κ3) is 5.55. The molecule has 1 amide bonds. The number of hydrogen-bond donors (Lipinski definition) is 2. The second-order valence-electron chi connectivity index (χ2n) is 4.73. The van der Waals surface area contributed by atoms with E-state index in [1.807, 2.05) is 38.1 Å². The monoisotopic (exact) mass is 263 g/mol. The molecule has 0 radical (unpaired) electrons. The van der Waals surface area contributed by atoms with Crippen molar-refractivity contribution in [3.63, 3.8) is 0 Å². The Morgan fingerprint density at radius 1 is 1.26 bits per heavy atom. The normalized spacial score (nSPS) is 11.9. The molecule has 0 saturated carbocycles. The molecule has 1 aromatic rings. The molecule has 0 fully saturated rings. The molecule has 0 aromatic heterocycles. The second kappa shape index (κ2) is 7.56. The average Bonchev–Trinajstić information content (AvgIpc) is 2.37. The van der Waals surface area contributed by atoms with Crippen LogP contribution in [-0.4, -0.2) is 23.0 Å². The quantitative estimate of drug-likeness (QED) is 0.793. The van der Waals surface area contributed by atoms with Crippen molar-refractivity contribution in [1.29, 1.82) is 0 Å². The van der Waals surface area contributed by atoms with Crippen molar-refractivity contribution in [2.24, 2.45) is 0 Å². The van der Waals surface area contributed by atoms with Crippen LogP contribution in [0.3, 0.4) is 0 Å². The lowest BCUT2D eigenvalue weighted by atomic mass is 10.1. The Morgan fingerprint density at radius 3 is 2.42 bits per heavy atom. The molecule has 4 nitrogen and oxygen atoms in total. The van der Waals surface area contributed by atoms with Gasteiger partial charge in [0.05, 0.1) is 0 Å². The molecule has 0 spiro atoms. The Morgan fingerprint density at radius 2 is 1.89 bits per heavy atom. The molecule has 0 bridgehead atoms. The van der Waals surface area contributed by atoms with Crippen molar-refractivity contribution >= 4 is 11.9 Å². The Kier molecular flexibility index (Phi) is 6.06. The number of amides is 1. The van der Waals surface area contributed by atoms with E-state index in [1.54, 1.807) is 0 Å². The zero-order valence-corrected chi connectivity index (χ0v) is 11.5. The van der Waals surface area contributed by atoms with Gasteiger partial charge in [-0.15, -0.1) is 0 Å². The Hall–Kier alpha value is -1.84. The lowest BCUT2D eigenvalue weighted by Crippen LogP contribution is -2.40. The largest absolute Gasteiger partial charge is 0.480 e. The minimum absolute atomic E-state index is 0.207. The fourth-order valence-corrected chi connectivity index (χ4v) is 1.83. The van der Waals surface area contributed by atoms with Crippen molar-refractivity contribution in [3.05, 3.63) is 35.4 Å². The fourth-order valence-electron chi connectivity index (χ4n) is 1.83. The van der Waals surface area contributed by atoms with Crippen LogP contribution in [0.2, 0.25) is 0 Å². The number of aryl methyl sites for hydroxylation is 2. The van der Waals surface area contributed by atoms with Crippen LogP contribution in [0.1, 0.15) is 37.3 Å². The van der Waals surface area contributed by atoms with Gasteiger partial charge in [0.25, 0.3) is 0 Å². The van der Waals surface area contributed by atoms with E-state index in [0.717, 1.165) is 12.0 Å². The fraction of sp³-hybridized carbons (Fsp3) is 0.467. The highest BCUT2D eigenvalue weighted by atomic mass is 16.4. The first-order valence-electron chi connectivity index (χ1n) is 6.60. The minimum atomic E-state index is -0.967. The number of benzene rings is 1. The van der Waals surface area contributed by atoms with Crippen molar-refractivity contribution < 1.29 is 14.7 Å². The lowest BCUT2D eigenvalue weighted by molar-refractivity contribution is -0.142. The third-order valence-corrected chi connectivity index (χ3v) is 2.97. The topological polar surface area (TPSA) is 66.4 Å². The van der Waals surface area contributed by atoms with Crippen LogP contribution in [0.5, 0.6) is 0 Å². The molecule has 104 valence electrons. The number of carbonyl (C=O) groups is 2. The zero-order chi connectivity index (χ0) is 14.3. The van der Waals surface area contributed by atoms with Gasteiger partial charge in [-0.05, 0) is 25.3 Å². The van der Waals surface area contributed by atoms with Gasteiger partial charge in [0, 0.05) is 6.42 Å².